The molecule has 1 heterocycles. The second-order valence-electron chi connectivity index (χ2n) is 5.27. The maximum Gasteiger partial charge on any atom is 0.224 e. The lowest BCUT2D eigenvalue weighted by Crippen LogP contribution is -2.12. The van der Waals surface area contributed by atoms with Crippen molar-refractivity contribution in [2.75, 3.05) is 5.32 Å². The van der Waals surface area contributed by atoms with Crippen molar-refractivity contribution >= 4 is 22.5 Å². The predicted octanol–water partition coefficient (Wildman–Crippen LogP) is 4.05. The van der Waals surface area contributed by atoms with E-state index >= 15 is 0 Å². The third kappa shape index (κ3) is 3.14. The zero-order valence-electron chi connectivity index (χ0n) is 12.0. The number of fused-ring (bicyclic) bond motifs is 1. The summed E-state index contributed by atoms with van der Waals surface area (Å²) in [5.41, 5.74) is 4.32. The van der Waals surface area contributed by atoms with E-state index in [2.05, 4.69) is 22.4 Å². The Kier molecular flexibility index (Phi) is 3.73. The van der Waals surface area contributed by atoms with Crippen molar-refractivity contribution in [2.24, 2.45) is 0 Å². The standard InChI is InChI=1S/C18H18N2O/c1-13-4-2-6-15(12-13)20-18(21)9-8-14-5-3-7-17-16(14)10-11-19-17/h2-7,10-12,19H,8-9H2,1H3,(H,20,21). The van der Waals surface area contributed by atoms with Crippen LogP contribution >= 0.6 is 0 Å². The highest BCUT2D eigenvalue weighted by Gasteiger charge is 2.06. The minimum atomic E-state index is 0.0492. The number of rotatable bonds is 4. The molecule has 0 saturated heterocycles. The van der Waals surface area contributed by atoms with Crippen LogP contribution in [0.2, 0.25) is 0 Å². The highest BCUT2D eigenvalue weighted by Crippen LogP contribution is 2.19. The highest BCUT2D eigenvalue weighted by molar-refractivity contribution is 5.91. The average Bonchev–Trinajstić information content (AvgIpc) is 2.94. The van der Waals surface area contributed by atoms with E-state index in [-0.39, 0.29) is 5.91 Å². The molecular weight excluding hydrogens is 260 g/mol. The van der Waals surface area contributed by atoms with Crippen LogP contribution in [0.4, 0.5) is 5.69 Å². The smallest absolute Gasteiger partial charge is 0.224 e. The SMILES string of the molecule is Cc1cccc(NC(=O)CCc2cccc3[nH]ccc23)c1. The fourth-order valence-electron chi connectivity index (χ4n) is 2.56. The number of carbonyl (C=O) groups is 1. The molecule has 0 unspecified atom stereocenters. The van der Waals surface area contributed by atoms with E-state index in [0.29, 0.717) is 6.42 Å². The Hall–Kier alpha value is -2.55. The summed E-state index contributed by atoms with van der Waals surface area (Å²) in [5.74, 6) is 0.0492. The van der Waals surface area contributed by atoms with Gasteiger partial charge in [-0.15, -0.1) is 0 Å². The zero-order valence-corrected chi connectivity index (χ0v) is 12.0. The summed E-state index contributed by atoms with van der Waals surface area (Å²) in [5, 5.41) is 4.14. The summed E-state index contributed by atoms with van der Waals surface area (Å²) < 4.78 is 0. The monoisotopic (exact) mass is 278 g/mol. The van der Waals surface area contributed by atoms with E-state index in [1.165, 1.54) is 10.9 Å². The summed E-state index contributed by atoms with van der Waals surface area (Å²) in [6, 6.07) is 16.1. The average molecular weight is 278 g/mol. The fraction of sp³-hybridized carbons (Fsp3) is 0.167. The van der Waals surface area contributed by atoms with Crippen molar-refractivity contribution in [1.82, 2.24) is 4.98 Å². The molecule has 0 aliphatic carbocycles. The molecule has 0 fully saturated rings. The third-order valence-corrected chi connectivity index (χ3v) is 3.61. The van der Waals surface area contributed by atoms with Crippen LogP contribution in [0.3, 0.4) is 0 Å². The Morgan fingerprint density at radius 2 is 2.00 bits per heavy atom. The van der Waals surface area contributed by atoms with E-state index < -0.39 is 0 Å². The quantitative estimate of drug-likeness (QED) is 0.743. The van der Waals surface area contributed by atoms with E-state index in [9.17, 15) is 4.79 Å². The first kappa shape index (κ1) is 13.4. The van der Waals surface area contributed by atoms with Gasteiger partial charge in [0.15, 0.2) is 0 Å². The first-order valence-electron chi connectivity index (χ1n) is 7.14. The molecule has 0 aliphatic heterocycles. The van der Waals surface area contributed by atoms with Gasteiger partial charge in [0.2, 0.25) is 5.91 Å². The topological polar surface area (TPSA) is 44.9 Å². The maximum atomic E-state index is 12.1. The van der Waals surface area contributed by atoms with Gasteiger partial charge in [-0.25, -0.2) is 0 Å². The first-order valence-corrected chi connectivity index (χ1v) is 7.14. The van der Waals surface area contributed by atoms with Crippen LogP contribution in [-0.2, 0) is 11.2 Å². The Bertz CT molecular complexity index is 773. The third-order valence-electron chi connectivity index (χ3n) is 3.61. The largest absolute Gasteiger partial charge is 0.361 e. The summed E-state index contributed by atoms with van der Waals surface area (Å²) >= 11 is 0. The number of aromatic nitrogens is 1. The van der Waals surface area contributed by atoms with Gasteiger partial charge < -0.3 is 10.3 Å². The summed E-state index contributed by atoms with van der Waals surface area (Å²) in [6.07, 6.45) is 3.16. The minimum Gasteiger partial charge on any atom is -0.361 e. The molecule has 0 bridgehead atoms. The lowest BCUT2D eigenvalue weighted by molar-refractivity contribution is -0.116. The van der Waals surface area contributed by atoms with Crippen molar-refractivity contribution in [3.05, 3.63) is 65.9 Å². The van der Waals surface area contributed by atoms with E-state index in [1.807, 2.05) is 49.5 Å². The summed E-state index contributed by atoms with van der Waals surface area (Å²) in [7, 11) is 0. The van der Waals surface area contributed by atoms with Gasteiger partial charge in [0.1, 0.15) is 0 Å². The zero-order chi connectivity index (χ0) is 14.7. The van der Waals surface area contributed by atoms with E-state index in [4.69, 9.17) is 0 Å². The minimum absolute atomic E-state index is 0.0492. The molecule has 3 rings (SSSR count). The molecule has 106 valence electrons. The van der Waals surface area contributed by atoms with Gasteiger partial charge in [0, 0.05) is 29.2 Å². The Morgan fingerprint density at radius 3 is 2.86 bits per heavy atom. The molecule has 21 heavy (non-hydrogen) atoms. The first-order chi connectivity index (χ1) is 10.2. The highest BCUT2D eigenvalue weighted by atomic mass is 16.1. The van der Waals surface area contributed by atoms with Crippen LogP contribution in [0.1, 0.15) is 17.5 Å². The maximum absolute atomic E-state index is 12.1. The van der Waals surface area contributed by atoms with Crippen molar-refractivity contribution in [2.45, 2.75) is 19.8 Å². The Morgan fingerprint density at radius 1 is 1.14 bits per heavy atom. The van der Waals surface area contributed by atoms with Gasteiger partial charge >= 0.3 is 0 Å². The summed E-state index contributed by atoms with van der Waals surface area (Å²) in [6.45, 7) is 2.02. The lowest BCUT2D eigenvalue weighted by Gasteiger charge is -2.07. The number of anilines is 1. The molecule has 0 saturated carbocycles. The number of H-pyrrole nitrogens is 1. The molecule has 3 aromatic rings. The van der Waals surface area contributed by atoms with Crippen molar-refractivity contribution < 1.29 is 4.79 Å². The number of nitrogens with one attached hydrogen (secondary N) is 2. The Labute approximate surface area is 124 Å². The number of amides is 1. The normalized spacial score (nSPS) is 10.7. The molecule has 0 aliphatic rings. The summed E-state index contributed by atoms with van der Waals surface area (Å²) in [4.78, 5) is 15.2. The number of benzene rings is 2. The van der Waals surface area contributed by atoms with Crippen LogP contribution in [0.5, 0.6) is 0 Å². The lowest BCUT2D eigenvalue weighted by atomic mass is 10.1. The van der Waals surface area contributed by atoms with Crippen LogP contribution in [0.25, 0.3) is 10.9 Å². The van der Waals surface area contributed by atoms with Crippen molar-refractivity contribution in [1.29, 1.82) is 0 Å². The van der Waals surface area contributed by atoms with E-state index in [1.54, 1.807) is 0 Å². The predicted molar refractivity (Wildman–Crippen MR) is 86.4 cm³/mol. The van der Waals surface area contributed by atoms with Gasteiger partial charge in [0.25, 0.3) is 0 Å². The van der Waals surface area contributed by atoms with Gasteiger partial charge in [-0.05, 0) is 48.7 Å². The van der Waals surface area contributed by atoms with Crippen LogP contribution in [-0.4, -0.2) is 10.9 Å². The van der Waals surface area contributed by atoms with Crippen LogP contribution in [0, 0.1) is 6.92 Å². The fourth-order valence-corrected chi connectivity index (χ4v) is 2.56. The molecule has 2 N–H and O–H groups in total. The van der Waals surface area contributed by atoms with Crippen molar-refractivity contribution in [3.63, 3.8) is 0 Å². The molecule has 0 atom stereocenters. The van der Waals surface area contributed by atoms with Crippen LogP contribution in [0.15, 0.2) is 54.7 Å². The van der Waals surface area contributed by atoms with Gasteiger partial charge in [0.05, 0.1) is 0 Å². The molecule has 1 aromatic heterocycles. The second-order valence-corrected chi connectivity index (χ2v) is 5.27. The molecule has 3 nitrogen and oxygen atoms in total. The molecular formula is C18H18N2O. The van der Waals surface area contributed by atoms with Gasteiger partial charge in [-0.3, -0.25) is 4.79 Å². The van der Waals surface area contributed by atoms with Crippen LogP contribution < -0.4 is 5.32 Å². The number of hydrogen-bond donors (Lipinski definition) is 2. The van der Waals surface area contributed by atoms with Crippen molar-refractivity contribution in [3.8, 4) is 0 Å². The number of hydrogen-bond acceptors (Lipinski definition) is 1. The Balaban J connectivity index is 1.65. The molecule has 0 radical (unpaired) electrons. The second kappa shape index (κ2) is 5.83. The van der Waals surface area contributed by atoms with E-state index in [0.717, 1.165) is 23.2 Å². The molecule has 2 aromatic carbocycles. The number of aryl methyl sites for hydroxylation is 2. The van der Waals surface area contributed by atoms with Gasteiger partial charge in [-0.1, -0.05) is 24.3 Å². The molecule has 3 heteroatoms. The molecule has 0 spiro atoms. The number of carbonyl (C=O) groups excluding carboxylic acids is 1. The van der Waals surface area contributed by atoms with Gasteiger partial charge in [-0.2, -0.15) is 0 Å². The molecule has 1 amide bonds. The number of aromatic amines is 1.